The first-order valence-corrected chi connectivity index (χ1v) is 6.01. The fourth-order valence-electron chi connectivity index (χ4n) is 2.35. The standard InChI is InChI=1S/C12H26N2/c1-5-12(4,11(3)13)14-8-6-10(2)7-9-14/h10-11H,5-9,13H2,1-4H3. The van der Waals surface area contributed by atoms with Crippen LogP contribution in [0.25, 0.3) is 0 Å². The zero-order valence-electron chi connectivity index (χ0n) is 10.2. The van der Waals surface area contributed by atoms with Crippen LogP contribution in [0.3, 0.4) is 0 Å². The topological polar surface area (TPSA) is 29.3 Å². The maximum absolute atomic E-state index is 6.11. The number of nitrogens with two attached hydrogens (primary N) is 1. The Morgan fingerprint density at radius 1 is 1.43 bits per heavy atom. The van der Waals surface area contributed by atoms with E-state index < -0.39 is 0 Å². The van der Waals surface area contributed by atoms with Gasteiger partial charge in [-0.15, -0.1) is 0 Å². The fourth-order valence-corrected chi connectivity index (χ4v) is 2.35. The smallest absolute Gasteiger partial charge is 0.0326 e. The molecule has 14 heavy (non-hydrogen) atoms. The molecule has 1 aliphatic rings. The number of hydrogen-bond donors (Lipinski definition) is 1. The summed E-state index contributed by atoms with van der Waals surface area (Å²) in [6, 6.07) is 0.265. The average Bonchev–Trinajstić information content (AvgIpc) is 2.17. The lowest BCUT2D eigenvalue weighted by atomic mass is 9.85. The number of rotatable bonds is 3. The van der Waals surface area contributed by atoms with E-state index in [9.17, 15) is 0 Å². The van der Waals surface area contributed by atoms with Crippen LogP contribution in [-0.4, -0.2) is 29.6 Å². The molecule has 1 aliphatic heterocycles. The van der Waals surface area contributed by atoms with Crippen LogP contribution in [0.5, 0.6) is 0 Å². The van der Waals surface area contributed by atoms with Gasteiger partial charge in [-0.05, 0) is 52.1 Å². The van der Waals surface area contributed by atoms with Gasteiger partial charge in [-0.1, -0.05) is 13.8 Å². The van der Waals surface area contributed by atoms with Crippen LogP contribution in [-0.2, 0) is 0 Å². The predicted octanol–water partition coefficient (Wildman–Crippen LogP) is 2.23. The molecular formula is C12H26N2. The monoisotopic (exact) mass is 198 g/mol. The van der Waals surface area contributed by atoms with Gasteiger partial charge < -0.3 is 5.73 Å². The molecule has 2 N–H and O–H groups in total. The van der Waals surface area contributed by atoms with E-state index >= 15 is 0 Å². The summed E-state index contributed by atoms with van der Waals surface area (Å²) in [6.45, 7) is 11.5. The van der Waals surface area contributed by atoms with Crippen LogP contribution >= 0.6 is 0 Å². The summed E-state index contributed by atoms with van der Waals surface area (Å²) >= 11 is 0. The SMILES string of the molecule is CCC(C)(C(C)N)N1CCC(C)CC1. The van der Waals surface area contributed by atoms with E-state index in [1.54, 1.807) is 0 Å². The molecule has 2 atom stereocenters. The first-order chi connectivity index (χ1) is 6.50. The van der Waals surface area contributed by atoms with E-state index in [-0.39, 0.29) is 11.6 Å². The van der Waals surface area contributed by atoms with Crippen molar-refractivity contribution < 1.29 is 0 Å². The van der Waals surface area contributed by atoms with Gasteiger partial charge in [0.1, 0.15) is 0 Å². The molecule has 0 aromatic carbocycles. The molecule has 0 aromatic heterocycles. The molecule has 1 rings (SSSR count). The molecule has 1 heterocycles. The predicted molar refractivity (Wildman–Crippen MR) is 62.3 cm³/mol. The molecule has 0 bridgehead atoms. The normalized spacial score (nSPS) is 27.2. The minimum atomic E-state index is 0.208. The quantitative estimate of drug-likeness (QED) is 0.753. The molecule has 0 saturated carbocycles. The zero-order valence-corrected chi connectivity index (χ0v) is 10.2. The Bertz CT molecular complexity index is 171. The third kappa shape index (κ3) is 2.29. The van der Waals surface area contributed by atoms with Crippen LogP contribution in [0.2, 0.25) is 0 Å². The second kappa shape index (κ2) is 4.63. The summed E-state index contributed by atoms with van der Waals surface area (Å²) in [5.74, 6) is 0.903. The third-order valence-electron chi connectivity index (χ3n) is 4.20. The highest BCUT2D eigenvalue weighted by molar-refractivity contribution is 4.93. The molecule has 1 saturated heterocycles. The molecule has 0 spiro atoms. The van der Waals surface area contributed by atoms with Crippen LogP contribution in [0.1, 0.15) is 47.0 Å². The molecule has 2 nitrogen and oxygen atoms in total. The van der Waals surface area contributed by atoms with E-state index in [0.29, 0.717) is 0 Å². The highest BCUT2D eigenvalue weighted by Crippen LogP contribution is 2.28. The van der Waals surface area contributed by atoms with Gasteiger partial charge in [0.05, 0.1) is 0 Å². The third-order valence-corrected chi connectivity index (χ3v) is 4.20. The summed E-state index contributed by atoms with van der Waals surface area (Å²) in [7, 11) is 0. The van der Waals surface area contributed by atoms with Crippen LogP contribution < -0.4 is 5.73 Å². The average molecular weight is 198 g/mol. The van der Waals surface area contributed by atoms with Crippen LogP contribution in [0.15, 0.2) is 0 Å². The Hall–Kier alpha value is -0.0800. The summed E-state index contributed by atoms with van der Waals surface area (Å²) in [6.07, 6.45) is 3.82. The second-order valence-corrected chi connectivity index (χ2v) is 5.17. The van der Waals surface area contributed by atoms with E-state index in [1.807, 2.05) is 0 Å². The first kappa shape index (κ1) is 12.0. The summed E-state index contributed by atoms with van der Waals surface area (Å²) in [4.78, 5) is 2.59. The largest absolute Gasteiger partial charge is 0.326 e. The van der Waals surface area contributed by atoms with Gasteiger partial charge >= 0.3 is 0 Å². The van der Waals surface area contributed by atoms with Crippen molar-refractivity contribution >= 4 is 0 Å². The Labute approximate surface area is 88.8 Å². The van der Waals surface area contributed by atoms with Crippen molar-refractivity contribution in [2.24, 2.45) is 11.7 Å². The lowest BCUT2D eigenvalue weighted by molar-refractivity contribution is 0.0461. The Balaban J connectivity index is 2.61. The van der Waals surface area contributed by atoms with E-state index in [1.165, 1.54) is 25.9 Å². The Morgan fingerprint density at radius 2 is 1.93 bits per heavy atom. The summed E-state index contributed by atoms with van der Waals surface area (Å²) in [5, 5.41) is 0. The first-order valence-electron chi connectivity index (χ1n) is 6.01. The molecule has 0 radical (unpaired) electrons. The lowest BCUT2D eigenvalue weighted by Crippen LogP contribution is -2.58. The number of nitrogens with zero attached hydrogens (tertiary/aromatic N) is 1. The Kier molecular flexibility index (Phi) is 3.96. The van der Waals surface area contributed by atoms with Crippen LogP contribution in [0.4, 0.5) is 0 Å². The van der Waals surface area contributed by atoms with E-state index in [0.717, 1.165) is 12.3 Å². The maximum atomic E-state index is 6.11. The summed E-state index contributed by atoms with van der Waals surface area (Å²) < 4.78 is 0. The zero-order chi connectivity index (χ0) is 10.8. The summed E-state index contributed by atoms with van der Waals surface area (Å²) in [5.41, 5.74) is 6.31. The lowest BCUT2D eigenvalue weighted by Gasteiger charge is -2.46. The highest BCUT2D eigenvalue weighted by atomic mass is 15.2. The minimum absolute atomic E-state index is 0.208. The van der Waals surface area contributed by atoms with Gasteiger partial charge in [0.15, 0.2) is 0 Å². The van der Waals surface area contributed by atoms with Crippen molar-refractivity contribution in [3.8, 4) is 0 Å². The van der Waals surface area contributed by atoms with E-state index in [4.69, 9.17) is 5.73 Å². The molecule has 2 heteroatoms. The molecular weight excluding hydrogens is 172 g/mol. The van der Waals surface area contributed by atoms with Crippen molar-refractivity contribution in [3.63, 3.8) is 0 Å². The van der Waals surface area contributed by atoms with Gasteiger partial charge in [-0.3, -0.25) is 4.90 Å². The van der Waals surface area contributed by atoms with E-state index in [2.05, 4.69) is 32.6 Å². The Morgan fingerprint density at radius 3 is 2.29 bits per heavy atom. The fraction of sp³-hybridized carbons (Fsp3) is 1.00. The van der Waals surface area contributed by atoms with Crippen molar-refractivity contribution in [2.75, 3.05) is 13.1 Å². The van der Waals surface area contributed by atoms with Crippen molar-refractivity contribution in [1.82, 2.24) is 4.90 Å². The van der Waals surface area contributed by atoms with Gasteiger partial charge in [-0.2, -0.15) is 0 Å². The molecule has 2 unspecified atom stereocenters. The number of piperidine rings is 1. The van der Waals surface area contributed by atoms with Gasteiger partial charge in [-0.25, -0.2) is 0 Å². The molecule has 84 valence electrons. The number of likely N-dealkylation sites (tertiary alicyclic amines) is 1. The molecule has 0 aliphatic carbocycles. The van der Waals surface area contributed by atoms with Crippen LogP contribution in [0, 0.1) is 5.92 Å². The highest BCUT2D eigenvalue weighted by Gasteiger charge is 2.35. The minimum Gasteiger partial charge on any atom is -0.326 e. The van der Waals surface area contributed by atoms with Crippen molar-refractivity contribution in [1.29, 1.82) is 0 Å². The molecule has 1 fully saturated rings. The van der Waals surface area contributed by atoms with Crippen molar-refractivity contribution in [2.45, 2.75) is 58.5 Å². The van der Waals surface area contributed by atoms with Gasteiger partial charge in [0.25, 0.3) is 0 Å². The maximum Gasteiger partial charge on any atom is 0.0326 e. The van der Waals surface area contributed by atoms with Crippen molar-refractivity contribution in [3.05, 3.63) is 0 Å². The second-order valence-electron chi connectivity index (χ2n) is 5.17. The molecule has 0 amide bonds. The molecule has 0 aromatic rings. The van der Waals surface area contributed by atoms with Gasteiger partial charge in [0.2, 0.25) is 0 Å². The number of hydrogen-bond acceptors (Lipinski definition) is 2. The van der Waals surface area contributed by atoms with Gasteiger partial charge in [0, 0.05) is 11.6 Å².